The van der Waals surface area contributed by atoms with Crippen LogP contribution in [0.1, 0.15) is 71.1 Å². The molecule has 6 heteroatoms. The van der Waals surface area contributed by atoms with Crippen LogP contribution in [0.2, 0.25) is 0 Å². The van der Waals surface area contributed by atoms with Gasteiger partial charge in [-0.1, -0.05) is 32.9 Å². The Morgan fingerprint density at radius 1 is 1.18 bits per heavy atom. The van der Waals surface area contributed by atoms with E-state index in [1.807, 2.05) is 40.7 Å². The molecule has 1 aliphatic carbocycles. The van der Waals surface area contributed by atoms with E-state index < -0.39 is 11.0 Å². The van der Waals surface area contributed by atoms with Gasteiger partial charge in [0, 0.05) is 24.0 Å². The van der Waals surface area contributed by atoms with Gasteiger partial charge in [0.05, 0.1) is 16.8 Å². The van der Waals surface area contributed by atoms with E-state index in [9.17, 15) is 14.9 Å². The molecule has 1 atom stereocenters. The number of benzene rings is 1. The highest BCUT2D eigenvalue weighted by molar-refractivity contribution is 6.22. The van der Waals surface area contributed by atoms with Gasteiger partial charge in [0.15, 0.2) is 5.78 Å². The third-order valence-corrected chi connectivity index (χ3v) is 7.48. The molecule has 0 saturated carbocycles. The molecular formula is C27H29N3O3. The van der Waals surface area contributed by atoms with Gasteiger partial charge < -0.3 is 15.4 Å². The van der Waals surface area contributed by atoms with E-state index >= 15 is 0 Å². The molecule has 1 aromatic carbocycles. The topological polar surface area (TPSA) is 96.4 Å². The van der Waals surface area contributed by atoms with Crippen LogP contribution in [0.4, 0.5) is 5.69 Å². The van der Waals surface area contributed by atoms with Gasteiger partial charge in [-0.15, -0.1) is 0 Å². The van der Waals surface area contributed by atoms with Gasteiger partial charge in [0.25, 0.3) is 0 Å². The fourth-order valence-corrected chi connectivity index (χ4v) is 6.22. The van der Waals surface area contributed by atoms with E-state index in [1.54, 1.807) is 4.90 Å². The molecule has 4 aliphatic rings. The normalized spacial score (nSPS) is 26.7. The first kappa shape index (κ1) is 21.5. The van der Waals surface area contributed by atoms with Gasteiger partial charge in [-0.3, -0.25) is 9.59 Å². The standard InChI is InChI=1S/C27H29N3O3/c1-7-15-8-16-14(2)10-26(5,6)30-22(16)17(9-15)27(24(30)32)18(13-28)23(29)33-20-12-25(3,4)11-19(31)21(20)27/h8-10H,7,11-12,29H2,1-6H3/t27-/m1/s1. The largest absolute Gasteiger partial charge is 0.444 e. The summed E-state index contributed by atoms with van der Waals surface area (Å²) in [6.45, 7) is 12.1. The number of nitrogens with two attached hydrogens (primary N) is 1. The van der Waals surface area contributed by atoms with Crippen LogP contribution in [0, 0.1) is 16.7 Å². The molecule has 3 heterocycles. The average molecular weight is 444 g/mol. The Morgan fingerprint density at radius 2 is 1.88 bits per heavy atom. The van der Waals surface area contributed by atoms with Crippen molar-refractivity contribution in [3.05, 3.63) is 57.7 Å². The Balaban J connectivity index is 1.96. The van der Waals surface area contributed by atoms with Gasteiger partial charge in [0.1, 0.15) is 22.8 Å². The third-order valence-electron chi connectivity index (χ3n) is 7.48. The Labute approximate surface area is 194 Å². The number of ether oxygens (including phenoxy) is 1. The zero-order valence-corrected chi connectivity index (χ0v) is 20.0. The maximum absolute atomic E-state index is 14.6. The summed E-state index contributed by atoms with van der Waals surface area (Å²) in [5.41, 5.74) is 8.59. The van der Waals surface area contributed by atoms with Crippen LogP contribution in [-0.2, 0) is 26.2 Å². The predicted molar refractivity (Wildman–Crippen MR) is 126 cm³/mol. The average Bonchev–Trinajstić information content (AvgIpc) is 2.94. The summed E-state index contributed by atoms with van der Waals surface area (Å²) in [6.07, 6.45) is 3.58. The lowest BCUT2D eigenvalue weighted by atomic mass is 9.62. The Bertz CT molecular complexity index is 1300. The summed E-state index contributed by atoms with van der Waals surface area (Å²) in [5.74, 6) is -0.135. The van der Waals surface area contributed by atoms with E-state index in [1.165, 1.54) is 0 Å². The van der Waals surface area contributed by atoms with Crippen LogP contribution in [-0.4, -0.2) is 17.2 Å². The maximum atomic E-state index is 14.6. The molecule has 0 aromatic heterocycles. The molecule has 2 N–H and O–H groups in total. The highest BCUT2D eigenvalue weighted by Crippen LogP contribution is 2.61. The second-order valence-corrected chi connectivity index (χ2v) is 11.0. The molecule has 6 nitrogen and oxygen atoms in total. The number of aryl methyl sites for hydroxylation is 1. The van der Waals surface area contributed by atoms with Crippen molar-refractivity contribution in [1.29, 1.82) is 5.26 Å². The van der Waals surface area contributed by atoms with Gasteiger partial charge in [0.2, 0.25) is 11.8 Å². The molecule has 0 bridgehead atoms. The van der Waals surface area contributed by atoms with Crippen molar-refractivity contribution in [3.8, 4) is 6.07 Å². The van der Waals surface area contributed by atoms with E-state index in [4.69, 9.17) is 10.5 Å². The van der Waals surface area contributed by atoms with Crippen molar-refractivity contribution in [1.82, 2.24) is 0 Å². The van der Waals surface area contributed by atoms with Crippen molar-refractivity contribution < 1.29 is 14.3 Å². The van der Waals surface area contributed by atoms with Crippen molar-refractivity contribution in [2.24, 2.45) is 11.1 Å². The number of carbonyl (C=O) groups is 2. The van der Waals surface area contributed by atoms with Gasteiger partial charge in [-0.2, -0.15) is 5.26 Å². The third kappa shape index (κ3) is 2.54. The molecule has 1 spiro atoms. The molecule has 1 aromatic rings. The number of carbonyl (C=O) groups excluding carboxylic acids is 2. The minimum Gasteiger partial charge on any atom is -0.444 e. The summed E-state index contributed by atoms with van der Waals surface area (Å²) in [7, 11) is 0. The Morgan fingerprint density at radius 3 is 2.52 bits per heavy atom. The van der Waals surface area contributed by atoms with E-state index in [-0.39, 0.29) is 40.6 Å². The number of amides is 1. The zero-order chi connectivity index (χ0) is 24.1. The van der Waals surface area contributed by atoms with Crippen molar-refractivity contribution >= 4 is 23.0 Å². The number of hydrogen-bond acceptors (Lipinski definition) is 5. The zero-order valence-electron chi connectivity index (χ0n) is 20.0. The second kappa shape index (κ2) is 6.38. The number of allylic oxidation sites excluding steroid dienone is 2. The van der Waals surface area contributed by atoms with Crippen LogP contribution >= 0.6 is 0 Å². The number of fused-ring (bicyclic) bond motifs is 2. The van der Waals surface area contributed by atoms with E-state index in [0.29, 0.717) is 17.7 Å². The van der Waals surface area contributed by atoms with E-state index in [0.717, 1.165) is 28.8 Å². The molecule has 3 aliphatic heterocycles. The first-order valence-corrected chi connectivity index (χ1v) is 11.5. The van der Waals surface area contributed by atoms with E-state index in [2.05, 4.69) is 25.1 Å². The number of nitrogens with zero attached hydrogens (tertiary/aromatic N) is 2. The number of nitriles is 1. The lowest BCUT2D eigenvalue weighted by Crippen LogP contribution is -2.55. The van der Waals surface area contributed by atoms with Gasteiger partial charge in [-0.05, 0) is 49.8 Å². The van der Waals surface area contributed by atoms with Crippen molar-refractivity contribution in [2.75, 3.05) is 4.90 Å². The first-order chi connectivity index (χ1) is 15.4. The number of ketones is 1. The molecule has 1 amide bonds. The fourth-order valence-electron chi connectivity index (χ4n) is 6.22. The van der Waals surface area contributed by atoms with Crippen LogP contribution < -0.4 is 10.6 Å². The molecule has 0 saturated heterocycles. The quantitative estimate of drug-likeness (QED) is 0.694. The highest BCUT2D eigenvalue weighted by Gasteiger charge is 2.65. The van der Waals surface area contributed by atoms with Crippen LogP contribution in [0.5, 0.6) is 0 Å². The monoisotopic (exact) mass is 443 g/mol. The molecule has 0 unspecified atom stereocenters. The van der Waals surface area contributed by atoms with Crippen molar-refractivity contribution in [3.63, 3.8) is 0 Å². The first-order valence-electron chi connectivity index (χ1n) is 11.5. The molecule has 0 radical (unpaired) electrons. The Hall–Kier alpha value is -3.33. The lowest BCUT2D eigenvalue weighted by Gasteiger charge is -2.43. The number of rotatable bonds is 1. The van der Waals surface area contributed by atoms with Crippen molar-refractivity contribution in [2.45, 2.75) is 71.8 Å². The van der Waals surface area contributed by atoms with Crippen LogP contribution in [0.25, 0.3) is 5.57 Å². The predicted octanol–water partition coefficient (Wildman–Crippen LogP) is 4.40. The summed E-state index contributed by atoms with van der Waals surface area (Å²) >= 11 is 0. The minimum atomic E-state index is -1.58. The summed E-state index contributed by atoms with van der Waals surface area (Å²) in [4.78, 5) is 30.0. The van der Waals surface area contributed by atoms with Gasteiger partial charge >= 0.3 is 0 Å². The van der Waals surface area contributed by atoms with Crippen LogP contribution in [0.3, 0.4) is 0 Å². The Kier molecular flexibility index (Phi) is 4.16. The summed E-state index contributed by atoms with van der Waals surface area (Å²) in [5, 5.41) is 10.3. The smallest absolute Gasteiger partial charge is 0.248 e. The molecule has 0 fully saturated rings. The summed E-state index contributed by atoms with van der Waals surface area (Å²) < 4.78 is 5.90. The molecule has 5 rings (SSSR count). The molecule has 33 heavy (non-hydrogen) atoms. The fraction of sp³-hybridized carbons (Fsp3) is 0.444. The number of hydrogen-bond donors (Lipinski definition) is 1. The molecular weight excluding hydrogens is 414 g/mol. The number of Topliss-reactive ketones (excluding diaryl/α,β-unsaturated/α-hetero) is 1. The lowest BCUT2D eigenvalue weighted by molar-refractivity contribution is -0.126. The van der Waals surface area contributed by atoms with Crippen LogP contribution in [0.15, 0.2) is 41.0 Å². The second-order valence-electron chi connectivity index (χ2n) is 11.0. The number of anilines is 1. The van der Waals surface area contributed by atoms with Gasteiger partial charge in [-0.25, -0.2) is 0 Å². The maximum Gasteiger partial charge on any atom is 0.248 e. The summed E-state index contributed by atoms with van der Waals surface area (Å²) in [6, 6.07) is 6.27. The molecule has 170 valence electrons. The minimum absolute atomic E-state index is 0.0117. The SMILES string of the molecule is CCc1cc2c3c(c1)[C@@]1(C(=O)N3C(C)(C)C=C2C)C(C#N)=C(N)OC2=C1C(=O)CC(C)(C)C2. The highest BCUT2D eigenvalue weighted by atomic mass is 16.5.